The molecule has 0 aromatic heterocycles. The maximum atomic E-state index is 10.4. The number of hydrogen-bond acceptors (Lipinski definition) is 3. The number of nitrogens with zero attached hydrogens (tertiary/aromatic N) is 1. The van der Waals surface area contributed by atoms with Crippen LogP contribution >= 0.6 is 0 Å². The van der Waals surface area contributed by atoms with Crippen molar-refractivity contribution in [2.45, 2.75) is 116 Å². The Morgan fingerprint density at radius 2 is 1.05 bits per heavy atom. The van der Waals surface area contributed by atoms with Gasteiger partial charge in [-0.05, 0) is 57.6 Å². The summed E-state index contributed by atoms with van der Waals surface area (Å²) >= 11 is 0. The van der Waals surface area contributed by atoms with Gasteiger partial charge in [0.05, 0.1) is 24.5 Å². The summed E-state index contributed by atoms with van der Waals surface area (Å²) in [4.78, 5) is -0.178. The molecule has 0 aliphatic rings. The Morgan fingerprint density at radius 3 is 1.43 bits per heavy atom. The fraction of sp³-hybridized carbons (Fsp3) is 0.625. The number of rotatable bonds is 18. The molecule has 0 saturated carbocycles. The van der Waals surface area contributed by atoms with E-state index in [0.717, 1.165) is 5.56 Å². The van der Waals surface area contributed by atoms with E-state index in [-0.39, 0.29) is 4.90 Å². The lowest BCUT2D eigenvalue weighted by Crippen LogP contribution is -2.49. The van der Waals surface area contributed by atoms with Crippen molar-refractivity contribution in [3.05, 3.63) is 65.7 Å². The maximum Gasteiger partial charge on any atom is 0.124 e. The van der Waals surface area contributed by atoms with Gasteiger partial charge in [-0.2, -0.15) is 0 Å². The summed E-state index contributed by atoms with van der Waals surface area (Å²) in [6.07, 6.45) is 16.7. The van der Waals surface area contributed by atoms with Crippen LogP contribution in [0.15, 0.2) is 59.5 Å². The Labute approximate surface area is 228 Å². The van der Waals surface area contributed by atoms with E-state index in [9.17, 15) is 13.0 Å². The molecule has 0 heterocycles. The van der Waals surface area contributed by atoms with Gasteiger partial charge in [-0.1, -0.05) is 107 Å². The Bertz CT molecular complexity index is 880. The molecule has 210 valence electrons. The molecular weight excluding hydrogens is 478 g/mol. The minimum absolute atomic E-state index is 0.178. The number of hydrogen-bond donors (Lipinski definition) is 0. The van der Waals surface area contributed by atoms with Crippen molar-refractivity contribution >= 4 is 10.1 Å². The van der Waals surface area contributed by atoms with Crippen molar-refractivity contribution in [2.24, 2.45) is 0 Å². The van der Waals surface area contributed by atoms with Crippen molar-refractivity contribution in [2.75, 3.05) is 19.6 Å². The fourth-order valence-corrected chi connectivity index (χ4v) is 5.34. The minimum Gasteiger partial charge on any atom is -0.744 e. The third-order valence-corrected chi connectivity index (χ3v) is 7.98. The zero-order chi connectivity index (χ0) is 27.4. The van der Waals surface area contributed by atoms with Crippen LogP contribution in [0.2, 0.25) is 0 Å². The van der Waals surface area contributed by atoms with Gasteiger partial charge >= 0.3 is 0 Å². The van der Waals surface area contributed by atoms with Gasteiger partial charge in [0, 0.05) is 5.56 Å². The quantitative estimate of drug-likeness (QED) is 0.110. The van der Waals surface area contributed by atoms with Crippen LogP contribution in [-0.2, 0) is 16.7 Å². The highest BCUT2D eigenvalue weighted by Gasteiger charge is 2.26. The van der Waals surface area contributed by atoms with E-state index >= 15 is 0 Å². The smallest absolute Gasteiger partial charge is 0.124 e. The molecule has 0 N–H and O–H groups in total. The molecule has 2 aromatic rings. The molecule has 0 aliphatic heterocycles. The van der Waals surface area contributed by atoms with Crippen LogP contribution in [0.25, 0.3) is 0 Å². The largest absolute Gasteiger partial charge is 0.744 e. The molecule has 4 nitrogen and oxygen atoms in total. The third-order valence-electron chi connectivity index (χ3n) is 7.13. The van der Waals surface area contributed by atoms with Crippen molar-refractivity contribution in [3.63, 3.8) is 0 Å². The second kappa shape index (κ2) is 19.4. The molecule has 0 radical (unpaired) electrons. The average Bonchev–Trinajstić information content (AvgIpc) is 2.88. The zero-order valence-corrected chi connectivity index (χ0v) is 24.9. The van der Waals surface area contributed by atoms with Crippen molar-refractivity contribution in [1.82, 2.24) is 0 Å². The van der Waals surface area contributed by atoms with E-state index in [4.69, 9.17) is 0 Å². The molecule has 0 spiro atoms. The molecule has 0 amide bonds. The van der Waals surface area contributed by atoms with E-state index in [1.54, 1.807) is 12.1 Å². The van der Waals surface area contributed by atoms with Crippen LogP contribution in [0.5, 0.6) is 0 Å². The number of benzene rings is 2. The van der Waals surface area contributed by atoms with E-state index < -0.39 is 10.1 Å². The van der Waals surface area contributed by atoms with Gasteiger partial charge in [-0.15, -0.1) is 0 Å². The Kier molecular flexibility index (Phi) is 17.5. The Hall–Kier alpha value is -1.69. The van der Waals surface area contributed by atoms with E-state index in [0.29, 0.717) is 0 Å². The van der Waals surface area contributed by atoms with Crippen LogP contribution in [0.4, 0.5) is 0 Å². The van der Waals surface area contributed by atoms with Gasteiger partial charge in [-0.25, -0.2) is 8.42 Å². The van der Waals surface area contributed by atoms with Crippen molar-refractivity contribution in [1.29, 1.82) is 0 Å². The lowest BCUT2D eigenvalue weighted by Gasteiger charge is -2.39. The Balaban J connectivity index is 0.000000516. The molecule has 0 saturated heterocycles. The summed E-state index contributed by atoms with van der Waals surface area (Å²) in [6.45, 7) is 14.2. The van der Waals surface area contributed by atoms with Crippen LogP contribution < -0.4 is 0 Å². The van der Waals surface area contributed by atoms with Gasteiger partial charge in [-0.3, -0.25) is 0 Å². The van der Waals surface area contributed by atoms with Crippen LogP contribution in [0, 0.1) is 6.92 Å². The molecule has 0 bridgehead atoms. The molecule has 2 aromatic carbocycles. The highest BCUT2D eigenvalue weighted by Crippen LogP contribution is 2.21. The van der Waals surface area contributed by atoms with Gasteiger partial charge in [0.1, 0.15) is 16.7 Å². The first-order valence-corrected chi connectivity index (χ1v) is 16.1. The fourth-order valence-electron chi connectivity index (χ4n) is 4.87. The Morgan fingerprint density at radius 1 is 0.622 bits per heavy atom. The van der Waals surface area contributed by atoms with Gasteiger partial charge < -0.3 is 9.04 Å². The SMILES string of the molecule is CCCCCC[N+](CCCCCC)(CCCCCC)Cc1ccccc1.Cc1ccc(S(=O)(=O)[O-])cc1. The van der Waals surface area contributed by atoms with Crippen LogP contribution in [-0.4, -0.2) is 37.1 Å². The molecule has 0 atom stereocenters. The summed E-state index contributed by atoms with van der Waals surface area (Å²) in [5.41, 5.74) is 2.46. The van der Waals surface area contributed by atoms with E-state index in [1.807, 2.05) is 6.92 Å². The highest BCUT2D eigenvalue weighted by atomic mass is 32.2. The molecule has 0 aliphatic carbocycles. The standard InChI is InChI=1S/C25H46N.C7H8O3S/c1-4-7-10-16-21-26(22-17-11-8-5-2,23-18-12-9-6-3)24-25-19-14-13-15-20-25;1-6-2-4-7(5-3-6)11(8,9)10/h13-15,19-20H,4-12,16-18,21-24H2,1-3H3;2-5H,1H3,(H,8,9,10)/q+1;/p-1. The van der Waals surface area contributed by atoms with Gasteiger partial charge in [0.2, 0.25) is 0 Å². The van der Waals surface area contributed by atoms with Gasteiger partial charge in [0.15, 0.2) is 0 Å². The normalized spacial score (nSPS) is 11.7. The first kappa shape index (κ1) is 33.3. The summed E-state index contributed by atoms with van der Waals surface area (Å²) < 4.78 is 32.5. The second-order valence-corrected chi connectivity index (χ2v) is 12.0. The summed E-state index contributed by atoms with van der Waals surface area (Å²) in [5, 5.41) is 0. The van der Waals surface area contributed by atoms with Gasteiger partial charge in [0.25, 0.3) is 0 Å². The lowest BCUT2D eigenvalue weighted by atomic mass is 10.1. The molecule has 0 unspecified atom stereocenters. The van der Waals surface area contributed by atoms with Crippen LogP contribution in [0.1, 0.15) is 109 Å². The summed E-state index contributed by atoms with van der Waals surface area (Å²) in [5.74, 6) is 0. The predicted molar refractivity (Wildman–Crippen MR) is 157 cm³/mol. The van der Waals surface area contributed by atoms with E-state index in [1.165, 1.54) is 125 Å². The number of aryl methyl sites for hydroxylation is 1. The first-order chi connectivity index (χ1) is 17.8. The first-order valence-electron chi connectivity index (χ1n) is 14.7. The second-order valence-electron chi connectivity index (χ2n) is 10.6. The number of unbranched alkanes of at least 4 members (excludes halogenated alkanes) is 9. The maximum absolute atomic E-state index is 10.4. The van der Waals surface area contributed by atoms with Crippen LogP contribution in [0.3, 0.4) is 0 Å². The monoisotopic (exact) mass is 531 g/mol. The molecule has 2 rings (SSSR count). The topological polar surface area (TPSA) is 57.2 Å². The molecule has 37 heavy (non-hydrogen) atoms. The van der Waals surface area contributed by atoms with Crippen molar-refractivity contribution in [3.8, 4) is 0 Å². The third kappa shape index (κ3) is 15.3. The molecular formula is C32H53NO3S. The highest BCUT2D eigenvalue weighted by molar-refractivity contribution is 7.85. The zero-order valence-electron chi connectivity index (χ0n) is 24.1. The van der Waals surface area contributed by atoms with E-state index in [2.05, 4.69) is 51.1 Å². The minimum atomic E-state index is -4.27. The molecule has 5 heteroatoms. The predicted octanol–water partition coefficient (Wildman–Crippen LogP) is 8.64. The average molecular weight is 532 g/mol. The van der Waals surface area contributed by atoms with Crippen molar-refractivity contribution < 1.29 is 17.5 Å². The number of quaternary nitrogens is 1. The molecule has 0 fully saturated rings. The summed E-state index contributed by atoms with van der Waals surface area (Å²) in [6, 6.07) is 17.1. The summed E-state index contributed by atoms with van der Waals surface area (Å²) in [7, 11) is -4.27. The lowest BCUT2D eigenvalue weighted by molar-refractivity contribution is -0.941.